The first kappa shape index (κ1) is 19.9. The van der Waals surface area contributed by atoms with Crippen LogP contribution in [0.3, 0.4) is 0 Å². The van der Waals surface area contributed by atoms with Gasteiger partial charge in [-0.3, -0.25) is 4.79 Å². The van der Waals surface area contributed by atoms with Crippen LogP contribution >= 0.6 is 0 Å². The van der Waals surface area contributed by atoms with E-state index >= 15 is 0 Å². The van der Waals surface area contributed by atoms with Gasteiger partial charge in [-0.05, 0) is 42.5 Å². The van der Waals surface area contributed by atoms with Gasteiger partial charge in [0.05, 0.1) is 6.10 Å². The predicted octanol–water partition coefficient (Wildman–Crippen LogP) is 2.85. The fourth-order valence-electron chi connectivity index (χ4n) is 3.27. The van der Waals surface area contributed by atoms with Gasteiger partial charge < -0.3 is 20.6 Å². The number of hydrogen-bond donors (Lipinski definition) is 3. The normalized spacial score (nSPS) is 15.0. The van der Waals surface area contributed by atoms with Crippen LogP contribution in [0.2, 0.25) is 0 Å². The van der Waals surface area contributed by atoms with E-state index in [9.17, 15) is 14.7 Å². The van der Waals surface area contributed by atoms with Gasteiger partial charge in [-0.25, -0.2) is 4.79 Å². The smallest absolute Gasteiger partial charge is 0.315 e. The lowest BCUT2D eigenvalue weighted by molar-refractivity contribution is 0.0724. The van der Waals surface area contributed by atoms with Gasteiger partial charge in [-0.15, -0.1) is 0 Å². The summed E-state index contributed by atoms with van der Waals surface area (Å²) in [5, 5.41) is 15.5. The van der Waals surface area contributed by atoms with Crippen LogP contribution in [0, 0.1) is 0 Å². The molecular formula is C22H27N3O3. The SMILES string of the molecule is O=C(NCc1ccc(C(=O)N2CCCCC2)cc1)NCC(O)c1ccccc1. The molecule has 0 aromatic heterocycles. The van der Waals surface area contributed by atoms with Crippen molar-refractivity contribution in [3.8, 4) is 0 Å². The van der Waals surface area contributed by atoms with Crippen molar-refractivity contribution in [1.82, 2.24) is 15.5 Å². The minimum atomic E-state index is -0.743. The van der Waals surface area contributed by atoms with Crippen molar-refractivity contribution < 1.29 is 14.7 Å². The van der Waals surface area contributed by atoms with Crippen LogP contribution in [0.4, 0.5) is 4.79 Å². The summed E-state index contributed by atoms with van der Waals surface area (Å²) < 4.78 is 0. The van der Waals surface area contributed by atoms with Crippen molar-refractivity contribution in [2.75, 3.05) is 19.6 Å². The Labute approximate surface area is 165 Å². The van der Waals surface area contributed by atoms with Crippen LogP contribution in [-0.2, 0) is 6.54 Å². The highest BCUT2D eigenvalue weighted by Crippen LogP contribution is 2.14. The van der Waals surface area contributed by atoms with Crippen LogP contribution in [0.1, 0.15) is 46.9 Å². The number of aliphatic hydroxyl groups excluding tert-OH is 1. The van der Waals surface area contributed by atoms with Gasteiger partial charge in [0.2, 0.25) is 0 Å². The number of amides is 3. The van der Waals surface area contributed by atoms with Gasteiger partial charge >= 0.3 is 6.03 Å². The predicted molar refractivity (Wildman–Crippen MR) is 108 cm³/mol. The number of rotatable bonds is 6. The molecule has 2 aromatic carbocycles. The topological polar surface area (TPSA) is 81.7 Å². The lowest BCUT2D eigenvalue weighted by atomic mass is 10.1. The molecule has 0 bridgehead atoms. The van der Waals surface area contributed by atoms with Gasteiger partial charge in [0.15, 0.2) is 0 Å². The molecule has 1 fully saturated rings. The minimum Gasteiger partial charge on any atom is -0.387 e. The summed E-state index contributed by atoms with van der Waals surface area (Å²) >= 11 is 0. The second-order valence-electron chi connectivity index (χ2n) is 7.04. The Morgan fingerprint density at radius 3 is 2.29 bits per heavy atom. The molecule has 3 N–H and O–H groups in total. The van der Waals surface area contributed by atoms with Crippen LogP contribution in [0.15, 0.2) is 54.6 Å². The van der Waals surface area contributed by atoms with E-state index in [1.807, 2.05) is 59.5 Å². The quantitative estimate of drug-likeness (QED) is 0.720. The molecule has 2 aromatic rings. The summed E-state index contributed by atoms with van der Waals surface area (Å²) in [6.45, 7) is 2.15. The Balaban J connectivity index is 1.43. The molecule has 3 rings (SSSR count). The number of hydrogen-bond acceptors (Lipinski definition) is 3. The van der Waals surface area contributed by atoms with Crippen molar-refractivity contribution in [2.24, 2.45) is 0 Å². The zero-order valence-electron chi connectivity index (χ0n) is 15.9. The van der Waals surface area contributed by atoms with Crippen LogP contribution in [0.25, 0.3) is 0 Å². The molecule has 1 unspecified atom stereocenters. The second kappa shape index (κ2) is 9.90. The third-order valence-corrected chi connectivity index (χ3v) is 4.94. The van der Waals surface area contributed by atoms with E-state index in [2.05, 4.69) is 10.6 Å². The molecule has 1 saturated heterocycles. The second-order valence-corrected chi connectivity index (χ2v) is 7.04. The average molecular weight is 381 g/mol. The van der Waals surface area contributed by atoms with E-state index in [0.717, 1.165) is 37.1 Å². The molecule has 28 heavy (non-hydrogen) atoms. The monoisotopic (exact) mass is 381 g/mol. The van der Waals surface area contributed by atoms with Crippen molar-refractivity contribution in [2.45, 2.75) is 31.9 Å². The highest BCUT2D eigenvalue weighted by Gasteiger charge is 2.17. The first-order valence-electron chi connectivity index (χ1n) is 9.76. The Kier molecular flexibility index (Phi) is 7.03. The number of carbonyl (C=O) groups is 2. The summed E-state index contributed by atoms with van der Waals surface area (Å²) in [5.74, 6) is 0.0758. The summed E-state index contributed by atoms with van der Waals surface area (Å²) in [5.41, 5.74) is 2.35. The number of carbonyl (C=O) groups excluding carboxylic acids is 2. The zero-order valence-corrected chi connectivity index (χ0v) is 15.9. The Bertz CT molecular complexity index is 771. The summed E-state index contributed by atoms with van der Waals surface area (Å²) in [6.07, 6.45) is 2.59. The van der Waals surface area contributed by atoms with Crippen molar-refractivity contribution in [1.29, 1.82) is 0 Å². The Morgan fingerprint density at radius 2 is 1.61 bits per heavy atom. The third-order valence-electron chi connectivity index (χ3n) is 4.94. The maximum absolute atomic E-state index is 12.5. The zero-order chi connectivity index (χ0) is 19.8. The van der Waals surface area contributed by atoms with Gasteiger partial charge in [0.1, 0.15) is 0 Å². The molecule has 1 atom stereocenters. The van der Waals surface area contributed by atoms with E-state index in [0.29, 0.717) is 12.1 Å². The first-order chi connectivity index (χ1) is 13.6. The van der Waals surface area contributed by atoms with Crippen molar-refractivity contribution in [3.05, 3.63) is 71.3 Å². The summed E-state index contributed by atoms with van der Waals surface area (Å²) in [6, 6.07) is 16.2. The number of likely N-dealkylation sites (tertiary alicyclic amines) is 1. The molecule has 1 heterocycles. The van der Waals surface area contributed by atoms with Crippen molar-refractivity contribution in [3.63, 3.8) is 0 Å². The van der Waals surface area contributed by atoms with Gasteiger partial charge in [0.25, 0.3) is 5.91 Å². The summed E-state index contributed by atoms with van der Waals surface area (Å²) in [4.78, 5) is 26.3. The minimum absolute atomic E-state index is 0.0758. The number of nitrogens with zero attached hydrogens (tertiary/aromatic N) is 1. The number of nitrogens with one attached hydrogen (secondary N) is 2. The molecule has 1 aliphatic heterocycles. The molecule has 6 heteroatoms. The van der Waals surface area contributed by atoms with Crippen LogP contribution in [-0.4, -0.2) is 41.6 Å². The lowest BCUT2D eigenvalue weighted by Crippen LogP contribution is -2.37. The Hall–Kier alpha value is -2.86. The van der Waals surface area contributed by atoms with E-state index in [1.165, 1.54) is 6.42 Å². The highest BCUT2D eigenvalue weighted by atomic mass is 16.3. The third kappa shape index (κ3) is 5.57. The highest BCUT2D eigenvalue weighted by molar-refractivity contribution is 5.94. The molecule has 0 saturated carbocycles. The maximum atomic E-state index is 12.5. The van der Waals surface area contributed by atoms with Gasteiger partial charge in [-0.1, -0.05) is 42.5 Å². The van der Waals surface area contributed by atoms with E-state index in [-0.39, 0.29) is 18.5 Å². The van der Waals surface area contributed by atoms with E-state index < -0.39 is 6.10 Å². The van der Waals surface area contributed by atoms with E-state index in [4.69, 9.17) is 0 Å². The molecular weight excluding hydrogens is 354 g/mol. The Morgan fingerprint density at radius 1 is 0.929 bits per heavy atom. The van der Waals surface area contributed by atoms with Crippen LogP contribution < -0.4 is 10.6 Å². The van der Waals surface area contributed by atoms with E-state index in [1.54, 1.807) is 0 Å². The summed E-state index contributed by atoms with van der Waals surface area (Å²) in [7, 11) is 0. The molecule has 0 aliphatic carbocycles. The number of urea groups is 1. The average Bonchev–Trinajstić information content (AvgIpc) is 2.77. The van der Waals surface area contributed by atoms with Gasteiger partial charge in [-0.2, -0.15) is 0 Å². The maximum Gasteiger partial charge on any atom is 0.315 e. The molecule has 148 valence electrons. The first-order valence-corrected chi connectivity index (χ1v) is 9.76. The largest absolute Gasteiger partial charge is 0.387 e. The fourth-order valence-corrected chi connectivity index (χ4v) is 3.27. The number of benzene rings is 2. The molecule has 0 spiro atoms. The van der Waals surface area contributed by atoms with Crippen molar-refractivity contribution >= 4 is 11.9 Å². The van der Waals surface area contributed by atoms with Crippen LogP contribution in [0.5, 0.6) is 0 Å². The molecule has 0 radical (unpaired) electrons. The number of piperidine rings is 1. The molecule has 1 aliphatic rings. The van der Waals surface area contributed by atoms with Gasteiger partial charge in [0, 0.05) is 31.7 Å². The standard InChI is InChI=1S/C22H27N3O3/c26-20(18-7-3-1-4-8-18)16-24-22(28)23-15-17-9-11-19(12-10-17)21(27)25-13-5-2-6-14-25/h1,3-4,7-12,20,26H,2,5-6,13-16H2,(H2,23,24,28). The lowest BCUT2D eigenvalue weighted by Gasteiger charge is -2.26. The molecule has 6 nitrogen and oxygen atoms in total. The number of aliphatic hydroxyl groups is 1. The molecule has 3 amide bonds. The fraction of sp³-hybridized carbons (Fsp3) is 0.364.